The number of pyridine rings is 1. The summed E-state index contributed by atoms with van der Waals surface area (Å²) in [5.41, 5.74) is 0.473. The predicted octanol–water partition coefficient (Wildman–Crippen LogP) is 2.23. The molecule has 1 heterocycles. The Balaban J connectivity index is 2.54. The summed E-state index contributed by atoms with van der Waals surface area (Å²) in [4.78, 5) is 26.1. The van der Waals surface area contributed by atoms with Crippen molar-refractivity contribution in [3.05, 3.63) is 57.5 Å². The van der Waals surface area contributed by atoms with Crippen LogP contribution in [0.15, 0.2) is 40.0 Å². The van der Waals surface area contributed by atoms with E-state index < -0.39 is 28.0 Å². The third-order valence-corrected chi connectivity index (χ3v) is 4.98. The van der Waals surface area contributed by atoms with E-state index in [1.807, 2.05) is 13.8 Å². The number of nitrogens with one attached hydrogen (secondary N) is 2. The standard InChI is InChI=1S/C17H20N2O5S/c1-10(2)14-8-12(9-15(20)21)16(17(22)18-14)19-25(23,24)13-6-4-5-11(3)7-13/h4-8,10,19H,9H2,1-3H3,(H,18,22)(H,20,21). The van der Waals surface area contributed by atoms with Gasteiger partial charge in [0, 0.05) is 5.69 Å². The number of carboxylic acid groups (broad SMARTS) is 1. The number of H-pyrrole nitrogens is 1. The molecule has 0 aliphatic heterocycles. The van der Waals surface area contributed by atoms with E-state index in [9.17, 15) is 18.0 Å². The van der Waals surface area contributed by atoms with Crippen LogP contribution >= 0.6 is 0 Å². The number of rotatable bonds is 6. The molecule has 0 bridgehead atoms. The highest BCUT2D eigenvalue weighted by Gasteiger charge is 2.21. The quantitative estimate of drug-likeness (QED) is 0.727. The molecule has 0 spiro atoms. The molecule has 1 aromatic carbocycles. The number of anilines is 1. The molecule has 2 rings (SSSR count). The largest absolute Gasteiger partial charge is 0.481 e. The van der Waals surface area contributed by atoms with Crippen LogP contribution in [0.1, 0.15) is 36.6 Å². The van der Waals surface area contributed by atoms with Crippen molar-refractivity contribution < 1.29 is 18.3 Å². The Morgan fingerprint density at radius 3 is 2.52 bits per heavy atom. The molecule has 0 atom stereocenters. The topological polar surface area (TPSA) is 116 Å². The van der Waals surface area contributed by atoms with Gasteiger partial charge in [-0.2, -0.15) is 0 Å². The Morgan fingerprint density at radius 2 is 1.96 bits per heavy atom. The highest BCUT2D eigenvalue weighted by molar-refractivity contribution is 7.92. The van der Waals surface area contributed by atoms with Crippen molar-refractivity contribution in [2.75, 3.05) is 4.72 Å². The molecule has 134 valence electrons. The van der Waals surface area contributed by atoms with Gasteiger partial charge in [0.1, 0.15) is 5.69 Å². The third-order valence-electron chi connectivity index (χ3n) is 3.64. The van der Waals surface area contributed by atoms with E-state index >= 15 is 0 Å². The van der Waals surface area contributed by atoms with Crippen LogP contribution in [0.5, 0.6) is 0 Å². The fourth-order valence-corrected chi connectivity index (χ4v) is 3.55. The molecule has 0 saturated carbocycles. The Bertz CT molecular complexity index is 961. The number of benzene rings is 1. The van der Waals surface area contributed by atoms with Crippen molar-refractivity contribution in [2.24, 2.45) is 0 Å². The van der Waals surface area contributed by atoms with Gasteiger partial charge in [-0.15, -0.1) is 0 Å². The number of aromatic amines is 1. The molecule has 0 fully saturated rings. The smallest absolute Gasteiger partial charge is 0.307 e. The Labute approximate surface area is 145 Å². The van der Waals surface area contributed by atoms with E-state index in [4.69, 9.17) is 5.11 Å². The van der Waals surface area contributed by atoms with E-state index in [1.165, 1.54) is 18.2 Å². The first-order chi connectivity index (χ1) is 11.6. The highest BCUT2D eigenvalue weighted by atomic mass is 32.2. The van der Waals surface area contributed by atoms with Crippen LogP contribution < -0.4 is 10.3 Å². The number of hydrogen-bond acceptors (Lipinski definition) is 4. The van der Waals surface area contributed by atoms with Crippen LogP contribution in [0.2, 0.25) is 0 Å². The predicted molar refractivity (Wildman–Crippen MR) is 94.5 cm³/mol. The fraction of sp³-hybridized carbons (Fsp3) is 0.294. The molecule has 8 heteroatoms. The number of carboxylic acids is 1. The second-order valence-electron chi connectivity index (χ2n) is 6.10. The van der Waals surface area contributed by atoms with Gasteiger partial charge in [-0.05, 0) is 42.2 Å². The number of hydrogen-bond donors (Lipinski definition) is 3. The first-order valence-corrected chi connectivity index (χ1v) is 9.16. The van der Waals surface area contributed by atoms with Gasteiger partial charge in [0.2, 0.25) is 0 Å². The zero-order chi connectivity index (χ0) is 18.8. The lowest BCUT2D eigenvalue weighted by Crippen LogP contribution is -2.24. The molecule has 1 aromatic heterocycles. The van der Waals surface area contributed by atoms with Crippen LogP contribution in [-0.2, 0) is 21.2 Å². The number of aryl methyl sites for hydroxylation is 1. The zero-order valence-corrected chi connectivity index (χ0v) is 15.0. The van der Waals surface area contributed by atoms with E-state index in [-0.39, 0.29) is 22.1 Å². The van der Waals surface area contributed by atoms with Gasteiger partial charge in [-0.3, -0.25) is 14.3 Å². The van der Waals surface area contributed by atoms with Gasteiger partial charge in [-0.25, -0.2) is 8.42 Å². The average Bonchev–Trinajstić information content (AvgIpc) is 2.49. The number of aliphatic carboxylic acids is 1. The highest BCUT2D eigenvalue weighted by Crippen LogP contribution is 2.21. The summed E-state index contributed by atoms with van der Waals surface area (Å²) in [6.07, 6.45) is -0.463. The van der Waals surface area contributed by atoms with Gasteiger partial charge in [0.15, 0.2) is 0 Å². The van der Waals surface area contributed by atoms with Crippen molar-refractivity contribution >= 4 is 21.7 Å². The van der Waals surface area contributed by atoms with Crippen LogP contribution in [-0.4, -0.2) is 24.5 Å². The van der Waals surface area contributed by atoms with Crippen molar-refractivity contribution in [3.8, 4) is 0 Å². The molecule has 0 aliphatic carbocycles. The minimum atomic E-state index is -4.01. The van der Waals surface area contributed by atoms with Gasteiger partial charge < -0.3 is 10.1 Å². The molecule has 0 radical (unpaired) electrons. The molecule has 0 amide bonds. The van der Waals surface area contributed by atoms with Gasteiger partial charge >= 0.3 is 5.97 Å². The zero-order valence-electron chi connectivity index (χ0n) is 14.2. The van der Waals surface area contributed by atoms with E-state index in [0.717, 1.165) is 5.56 Å². The summed E-state index contributed by atoms with van der Waals surface area (Å²) >= 11 is 0. The van der Waals surface area contributed by atoms with E-state index in [2.05, 4.69) is 9.71 Å². The SMILES string of the molecule is Cc1cccc(S(=O)(=O)Nc2c(CC(=O)O)cc(C(C)C)[nH]c2=O)c1. The normalized spacial score (nSPS) is 11.5. The number of carbonyl (C=O) groups is 1. The van der Waals surface area contributed by atoms with Gasteiger partial charge in [0.25, 0.3) is 15.6 Å². The van der Waals surface area contributed by atoms with Crippen LogP contribution in [0.25, 0.3) is 0 Å². The Morgan fingerprint density at radius 1 is 1.28 bits per heavy atom. The summed E-state index contributed by atoms with van der Waals surface area (Å²) in [5, 5.41) is 9.07. The van der Waals surface area contributed by atoms with Crippen molar-refractivity contribution in [3.63, 3.8) is 0 Å². The summed E-state index contributed by atoms with van der Waals surface area (Å²) in [5.74, 6) is -1.20. The molecular formula is C17H20N2O5S. The number of aromatic nitrogens is 1. The maximum Gasteiger partial charge on any atom is 0.307 e. The minimum Gasteiger partial charge on any atom is -0.481 e. The monoisotopic (exact) mass is 364 g/mol. The van der Waals surface area contributed by atoms with Crippen molar-refractivity contribution in [2.45, 2.75) is 38.0 Å². The van der Waals surface area contributed by atoms with E-state index in [0.29, 0.717) is 5.69 Å². The summed E-state index contributed by atoms with van der Waals surface area (Å²) in [7, 11) is -4.01. The fourth-order valence-electron chi connectivity index (χ4n) is 2.34. The lowest BCUT2D eigenvalue weighted by molar-refractivity contribution is -0.136. The lowest BCUT2D eigenvalue weighted by Gasteiger charge is -2.14. The van der Waals surface area contributed by atoms with Gasteiger partial charge in [-0.1, -0.05) is 26.0 Å². The van der Waals surface area contributed by atoms with Gasteiger partial charge in [0.05, 0.1) is 11.3 Å². The third kappa shape index (κ3) is 4.48. The molecule has 25 heavy (non-hydrogen) atoms. The first-order valence-electron chi connectivity index (χ1n) is 7.67. The summed E-state index contributed by atoms with van der Waals surface area (Å²) < 4.78 is 27.3. The lowest BCUT2D eigenvalue weighted by atomic mass is 10.0. The van der Waals surface area contributed by atoms with Crippen LogP contribution in [0, 0.1) is 6.92 Å². The molecular weight excluding hydrogens is 344 g/mol. The second kappa shape index (κ2) is 7.10. The number of sulfonamides is 1. The Kier molecular flexibility index (Phi) is 5.32. The van der Waals surface area contributed by atoms with Crippen molar-refractivity contribution in [1.29, 1.82) is 0 Å². The molecule has 7 nitrogen and oxygen atoms in total. The first kappa shape index (κ1) is 18.7. The molecule has 3 N–H and O–H groups in total. The average molecular weight is 364 g/mol. The maximum absolute atomic E-state index is 12.6. The second-order valence-corrected chi connectivity index (χ2v) is 7.78. The van der Waals surface area contributed by atoms with Crippen LogP contribution in [0.3, 0.4) is 0 Å². The summed E-state index contributed by atoms with van der Waals surface area (Å²) in [6.45, 7) is 5.43. The minimum absolute atomic E-state index is 0.00103. The maximum atomic E-state index is 12.6. The summed E-state index contributed by atoms with van der Waals surface area (Å²) in [6, 6.07) is 7.72. The van der Waals surface area contributed by atoms with Crippen LogP contribution in [0.4, 0.5) is 5.69 Å². The van der Waals surface area contributed by atoms with E-state index in [1.54, 1.807) is 19.1 Å². The molecule has 2 aromatic rings. The Hall–Kier alpha value is -2.61. The molecule has 0 aliphatic rings. The van der Waals surface area contributed by atoms with Crippen molar-refractivity contribution in [1.82, 2.24) is 4.98 Å². The molecule has 0 saturated heterocycles. The molecule has 0 unspecified atom stereocenters.